The van der Waals surface area contributed by atoms with E-state index < -0.39 is 0 Å². The van der Waals surface area contributed by atoms with Gasteiger partial charge in [-0.2, -0.15) is 4.98 Å². The summed E-state index contributed by atoms with van der Waals surface area (Å²) < 4.78 is 5.60. The number of aromatic nitrogens is 2. The number of fused-ring (bicyclic) bond motifs is 1. The number of carbonyl (C=O) groups excluding carboxylic acids is 2. The number of nitrogens with zero attached hydrogens (tertiary/aromatic N) is 4. The molecular formula is C22H35N5O3. The molecule has 0 radical (unpaired) electrons. The van der Waals surface area contributed by atoms with Crippen molar-refractivity contribution < 1.29 is 14.1 Å². The molecule has 8 nitrogen and oxygen atoms in total. The molecule has 30 heavy (non-hydrogen) atoms. The van der Waals surface area contributed by atoms with Crippen molar-refractivity contribution in [2.75, 3.05) is 32.7 Å². The molecule has 3 heterocycles. The topological polar surface area (TPSA) is 91.6 Å². The molecule has 1 N–H and O–H groups in total. The van der Waals surface area contributed by atoms with E-state index in [0.29, 0.717) is 31.2 Å². The van der Waals surface area contributed by atoms with E-state index in [4.69, 9.17) is 4.52 Å². The fourth-order valence-electron chi connectivity index (χ4n) is 5.59. The van der Waals surface area contributed by atoms with Gasteiger partial charge >= 0.3 is 0 Å². The number of carbonyl (C=O) groups is 2. The Bertz CT molecular complexity index is 773. The lowest BCUT2D eigenvalue weighted by Crippen LogP contribution is -2.41. The van der Waals surface area contributed by atoms with Crippen LogP contribution in [0.5, 0.6) is 0 Å². The molecule has 2 amide bonds. The number of rotatable bonds is 6. The maximum absolute atomic E-state index is 12.6. The van der Waals surface area contributed by atoms with Crippen LogP contribution in [0.4, 0.5) is 0 Å². The molecule has 166 valence electrons. The molecule has 3 atom stereocenters. The summed E-state index contributed by atoms with van der Waals surface area (Å²) in [5.41, 5.74) is -0.351. The smallest absolute Gasteiger partial charge is 0.235 e. The quantitative estimate of drug-likeness (QED) is 0.760. The highest BCUT2D eigenvalue weighted by atomic mass is 16.5. The Morgan fingerprint density at radius 2 is 2.03 bits per heavy atom. The molecule has 2 aliphatic heterocycles. The average molecular weight is 418 g/mol. The zero-order valence-electron chi connectivity index (χ0n) is 18.5. The summed E-state index contributed by atoms with van der Waals surface area (Å²) in [7, 11) is 0. The number of piperidine rings is 1. The van der Waals surface area contributed by atoms with E-state index in [1.807, 2.05) is 25.7 Å². The van der Waals surface area contributed by atoms with E-state index in [1.165, 1.54) is 19.3 Å². The van der Waals surface area contributed by atoms with E-state index in [0.717, 1.165) is 32.5 Å². The number of hydrogen-bond donors (Lipinski definition) is 1. The van der Waals surface area contributed by atoms with Crippen LogP contribution in [0, 0.1) is 18.8 Å². The van der Waals surface area contributed by atoms with Crippen LogP contribution in [0.2, 0.25) is 0 Å². The third kappa shape index (κ3) is 4.24. The minimum Gasteiger partial charge on any atom is -0.353 e. The molecule has 0 spiro atoms. The highest BCUT2D eigenvalue weighted by molar-refractivity contribution is 5.79. The monoisotopic (exact) mass is 417 g/mol. The van der Waals surface area contributed by atoms with Gasteiger partial charge in [0.15, 0.2) is 5.82 Å². The first kappa shape index (κ1) is 21.3. The molecule has 0 aromatic carbocycles. The first-order valence-corrected chi connectivity index (χ1v) is 11.5. The zero-order valence-corrected chi connectivity index (χ0v) is 18.5. The molecule has 4 rings (SSSR count). The molecule has 3 aliphatic rings. The van der Waals surface area contributed by atoms with Crippen molar-refractivity contribution >= 4 is 11.8 Å². The van der Waals surface area contributed by atoms with E-state index in [-0.39, 0.29) is 35.1 Å². The minimum absolute atomic E-state index is 0.0319. The predicted molar refractivity (Wildman–Crippen MR) is 112 cm³/mol. The Morgan fingerprint density at radius 1 is 1.27 bits per heavy atom. The van der Waals surface area contributed by atoms with Crippen LogP contribution in [0.15, 0.2) is 4.52 Å². The Balaban J connectivity index is 1.40. The predicted octanol–water partition coefficient (Wildman–Crippen LogP) is 1.88. The summed E-state index contributed by atoms with van der Waals surface area (Å²) in [4.78, 5) is 34.1. The maximum atomic E-state index is 12.6. The summed E-state index contributed by atoms with van der Waals surface area (Å²) in [5, 5.41) is 7.26. The zero-order chi connectivity index (χ0) is 21.3. The number of aryl methyl sites for hydroxylation is 1. The van der Waals surface area contributed by atoms with Gasteiger partial charge in [0.25, 0.3) is 0 Å². The molecule has 2 saturated heterocycles. The van der Waals surface area contributed by atoms with E-state index in [9.17, 15) is 9.59 Å². The van der Waals surface area contributed by atoms with E-state index in [2.05, 4.69) is 20.4 Å². The molecule has 1 aliphatic carbocycles. The molecule has 3 fully saturated rings. The third-order valence-electron chi connectivity index (χ3n) is 7.10. The Morgan fingerprint density at radius 3 is 2.70 bits per heavy atom. The minimum atomic E-state index is -0.351. The first-order chi connectivity index (χ1) is 14.4. The van der Waals surface area contributed by atoms with Crippen LogP contribution in [-0.4, -0.2) is 70.5 Å². The van der Waals surface area contributed by atoms with Crippen LogP contribution in [0.1, 0.15) is 64.1 Å². The van der Waals surface area contributed by atoms with Gasteiger partial charge in [-0.3, -0.25) is 9.59 Å². The van der Waals surface area contributed by atoms with Crippen molar-refractivity contribution in [1.82, 2.24) is 25.3 Å². The largest absolute Gasteiger partial charge is 0.353 e. The van der Waals surface area contributed by atoms with Gasteiger partial charge < -0.3 is 19.6 Å². The van der Waals surface area contributed by atoms with Crippen molar-refractivity contribution in [3.8, 4) is 0 Å². The highest BCUT2D eigenvalue weighted by Gasteiger charge is 2.58. The Hall–Kier alpha value is -1.96. The summed E-state index contributed by atoms with van der Waals surface area (Å²) in [6.45, 7) is 10.0. The molecule has 1 saturated carbocycles. The third-order valence-corrected chi connectivity index (χ3v) is 7.10. The Kier molecular flexibility index (Phi) is 6.14. The highest BCUT2D eigenvalue weighted by Crippen LogP contribution is 2.50. The molecule has 1 aromatic rings. The van der Waals surface area contributed by atoms with Gasteiger partial charge in [-0.1, -0.05) is 25.4 Å². The average Bonchev–Trinajstić information content (AvgIpc) is 3.39. The van der Waals surface area contributed by atoms with Crippen molar-refractivity contribution in [1.29, 1.82) is 0 Å². The molecule has 1 aromatic heterocycles. The van der Waals surface area contributed by atoms with Gasteiger partial charge in [-0.05, 0) is 51.6 Å². The van der Waals surface area contributed by atoms with Crippen LogP contribution in [-0.2, 0) is 15.0 Å². The van der Waals surface area contributed by atoms with E-state index >= 15 is 0 Å². The lowest BCUT2D eigenvalue weighted by molar-refractivity contribution is -0.134. The number of hydrogen-bond acceptors (Lipinski definition) is 6. The Labute approximate surface area is 178 Å². The van der Waals surface area contributed by atoms with Crippen molar-refractivity contribution in [3.63, 3.8) is 0 Å². The second kappa shape index (κ2) is 8.65. The van der Waals surface area contributed by atoms with Crippen molar-refractivity contribution in [2.24, 2.45) is 11.8 Å². The standard InChI is InChI=1S/C22H35N5O3/c1-15(2)20(29)27-13-17-11-18(12-22(17,14-27)21-23-16(3)25-30-21)24-19(28)7-10-26-8-5-4-6-9-26/h15,17-18H,4-14H2,1-3H3,(H,24,28)/t17?,18-,22+/m1/s1. The van der Waals surface area contributed by atoms with Gasteiger partial charge in [-0.25, -0.2) is 0 Å². The van der Waals surface area contributed by atoms with Crippen LogP contribution in [0.25, 0.3) is 0 Å². The fraction of sp³-hybridized carbons (Fsp3) is 0.818. The van der Waals surface area contributed by atoms with Gasteiger partial charge in [0.05, 0.1) is 5.41 Å². The number of likely N-dealkylation sites (tertiary alicyclic amines) is 2. The van der Waals surface area contributed by atoms with Crippen LogP contribution >= 0.6 is 0 Å². The number of nitrogens with one attached hydrogen (secondary N) is 1. The van der Waals surface area contributed by atoms with Gasteiger partial charge in [-0.15, -0.1) is 0 Å². The van der Waals surface area contributed by atoms with Crippen molar-refractivity contribution in [3.05, 3.63) is 11.7 Å². The summed E-state index contributed by atoms with van der Waals surface area (Å²) in [6.07, 6.45) is 5.92. The van der Waals surface area contributed by atoms with Gasteiger partial charge in [0.1, 0.15) is 0 Å². The molecular weight excluding hydrogens is 382 g/mol. The van der Waals surface area contributed by atoms with Gasteiger partial charge in [0.2, 0.25) is 17.7 Å². The SMILES string of the molecule is Cc1noc([C@]23C[C@H](NC(=O)CCN4CCCCC4)CC2CN(C(=O)C(C)C)C3)n1. The van der Waals surface area contributed by atoms with Crippen LogP contribution < -0.4 is 5.32 Å². The number of amides is 2. The molecule has 0 bridgehead atoms. The lowest BCUT2D eigenvalue weighted by Gasteiger charge is -2.27. The lowest BCUT2D eigenvalue weighted by atomic mass is 9.80. The normalized spacial score (nSPS) is 29.4. The maximum Gasteiger partial charge on any atom is 0.235 e. The summed E-state index contributed by atoms with van der Waals surface area (Å²) in [5.74, 6) is 1.72. The first-order valence-electron chi connectivity index (χ1n) is 11.5. The fourth-order valence-corrected chi connectivity index (χ4v) is 5.59. The second-order valence-corrected chi connectivity index (χ2v) is 9.73. The molecule has 8 heteroatoms. The summed E-state index contributed by atoms with van der Waals surface area (Å²) >= 11 is 0. The van der Waals surface area contributed by atoms with E-state index in [1.54, 1.807) is 0 Å². The molecule has 1 unspecified atom stereocenters. The summed E-state index contributed by atoms with van der Waals surface area (Å²) in [6, 6.07) is 0.0902. The van der Waals surface area contributed by atoms with Gasteiger partial charge in [0, 0.05) is 38.0 Å². The second-order valence-electron chi connectivity index (χ2n) is 9.73. The van der Waals surface area contributed by atoms with Crippen LogP contribution in [0.3, 0.4) is 0 Å². The van der Waals surface area contributed by atoms with Crippen molar-refractivity contribution in [2.45, 2.75) is 70.8 Å².